The van der Waals surface area contributed by atoms with Crippen LogP contribution < -0.4 is 16.0 Å². The van der Waals surface area contributed by atoms with Gasteiger partial charge in [-0.15, -0.1) is 0 Å². The van der Waals surface area contributed by atoms with Gasteiger partial charge in [-0.3, -0.25) is 14.4 Å². The van der Waals surface area contributed by atoms with Crippen molar-refractivity contribution in [2.45, 2.75) is 266 Å². The van der Waals surface area contributed by atoms with E-state index in [9.17, 15) is 132 Å². The Kier molecular flexibility index (Phi) is 28.9. The van der Waals surface area contributed by atoms with Gasteiger partial charge in [0.1, 0.15) is 195 Å². The molecule has 0 bridgehead atoms. The van der Waals surface area contributed by atoms with E-state index in [1.807, 2.05) is 0 Å². The number of aliphatic hydroxyl groups is 23. The molecule has 44 nitrogen and oxygen atoms in total. The van der Waals surface area contributed by atoms with Crippen molar-refractivity contribution in [3.05, 3.63) is 0 Å². The second kappa shape index (κ2) is 35.1. The van der Waals surface area contributed by atoms with E-state index in [1.54, 1.807) is 0 Å². The van der Waals surface area contributed by atoms with Crippen LogP contribution in [-0.4, -0.2) is 433 Å². The summed E-state index contributed by atoms with van der Waals surface area (Å²) in [4.78, 5) is 37.8. The maximum absolute atomic E-state index is 12.8. The predicted octanol–water partition coefficient (Wildman–Crippen LogP) is -18.0. The summed E-state index contributed by atoms with van der Waals surface area (Å²) in [5.41, 5.74) is 0. The Morgan fingerprint density at radius 1 is 0.265 bits per heavy atom. The van der Waals surface area contributed by atoms with Crippen molar-refractivity contribution in [1.82, 2.24) is 16.0 Å². The molecule has 568 valence electrons. The summed E-state index contributed by atoms with van der Waals surface area (Å²) in [5.74, 6) is -2.63. The van der Waals surface area contributed by atoms with Crippen molar-refractivity contribution in [1.29, 1.82) is 0 Å². The van der Waals surface area contributed by atoms with Crippen LogP contribution in [0.4, 0.5) is 0 Å². The molecule has 8 heterocycles. The third-order valence-corrected chi connectivity index (χ3v) is 17.8. The molecule has 8 fully saturated rings. The highest BCUT2D eigenvalue weighted by atomic mass is 16.8. The van der Waals surface area contributed by atoms with Crippen molar-refractivity contribution in [3.63, 3.8) is 0 Å². The quantitative estimate of drug-likeness (QED) is 0.0404. The molecule has 44 heteroatoms. The van der Waals surface area contributed by atoms with Gasteiger partial charge in [0.15, 0.2) is 50.3 Å². The van der Waals surface area contributed by atoms with Crippen LogP contribution in [0.2, 0.25) is 0 Å². The average Bonchev–Trinajstić information content (AvgIpc) is 0.776. The van der Waals surface area contributed by atoms with Crippen molar-refractivity contribution in [3.8, 4) is 0 Å². The van der Waals surface area contributed by atoms with Gasteiger partial charge in [0, 0.05) is 20.8 Å². The third kappa shape index (κ3) is 17.5. The van der Waals surface area contributed by atoms with Crippen LogP contribution in [0, 0.1) is 0 Å². The van der Waals surface area contributed by atoms with Crippen molar-refractivity contribution in [2.75, 3.05) is 52.9 Å². The number of ether oxygens (including phenoxy) is 15. The SMILES string of the molecule is CC(=O)N[C@H]1[C@H](O[C@@H]2[C@@H](OC[C@H]3O[C@@H](O[C@H]4[C@H](O)[C@@H](NC(C)=O)C(O)O[C@@H]4CO)[C@@H](O)[C@@H](O[C@H]4O[C@H](CO)[C@@H](O)[C@H](O[C@@H]5O[C@H](CO)[C@@H](O)[C@H](O[C@@H]6O[C@H](CO)[C@H](O)[C@H](O)[C@H]6O)[C@H]5NC(C)=O)[C@@H]4O)[C@@H]3O)O[C@H](CO)[C@@H](O)[C@@H]2O)O[C@H](CO)[C@@H](O[C@@H]2O[C@H](CO)[C@H](O)[C@H](O)[C@H]2O)[C@@H]1O. The molecular formula is C54H91N3O41. The Balaban J connectivity index is 1.09. The Morgan fingerprint density at radius 2 is 0.561 bits per heavy atom. The molecule has 1 unspecified atom stereocenters. The highest BCUT2D eigenvalue weighted by molar-refractivity contribution is 5.74. The molecule has 0 aromatic heterocycles. The van der Waals surface area contributed by atoms with Crippen LogP contribution in [0.5, 0.6) is 0 Å². The second-order valence-electron chi connectivity index (χ2n) is 24.6. The summed E-state index contributed by atoms with van der Waals surface area (Å²) in [6.45, 7) is -5.46. The fourth-order valence-corrected chi connectivity index (χ4v) is 12.6. The molecule has 8 rings (SSSR count). The lowest BCUT2D eigenvalue weighted by atomic mass is 9.94. The van der Waals surface area contributed by atoms with E-state index in [-0.39, 0.29) is 0 Å². The summed E-state index contributed by atoms with van der Waals surface area (Å²) in [7, 11) is 0. The summed E-state index contributed by atoms with van der Waals surface area (Å²) in [6.07, 6.45) is -75.1. The van der Waals surface area contributed by atoms with Gasteiger partial charge in [-0.05, 0) is 0 Å². The van der Waals surface area contributed by atoms with Crippen molar-refractivity contribution in [2.24, 2.45) is 0 Å². The fourth-order valence-electron chi connectivity index (χ4n) is 12.6. The van der Waals surface area contributed by atoms with E-state index >= 15 is 0 Å². The number of aliphatic hydroxyl groups excluding tert-OH is 23. The Hall–Kier alpha value is -3.11. The number of carbonyl (C=O) groups excluding carboxylic acids is 3. The minimum atomic E-state index is -2.43. The van der Waals surface area contributed by atoms with Gasteiger partial charge >= 0.3 is 0 Å². The zero-order valence-electron chi connectivity index (χ0n) is 52.4. The Bertz CT molecular complexity index is 2510. The normalized spacial score (nSPS) is 49.5. The molecule has 0 aromatic rings. The third-order valence-electron chi connectivity index (χ3n) is 17.8. The van der Waals surface area contributed by atoms with Gasteiger partial charge in [0.2, 0.25) is 17.7 Å². The number of hydrogen-bond acceptors (Lipinski definition) is 41. The standard InChI is InChI=1S/C54H91N3O41/c1-12(65)55-23-32(74)41(20(9-63)85-47(23)83)94-53-40(82)45(97-52-39(81)44(30(72)19(8-62)89-52)96-49-25(57-14(3)67)43(29(71)18(7-61)86-49)95-51-38(80)35(77)27(69)16(5-59)88-51)31(73)22(92-53)11-84-54-46(36(78)28(70)17(6-60)90-54)98-48-24(56-13(2)66)33(75)42(21(10-64)91-48)93-50-37(79)34(76)26(68)15(4-58)87-50/h15-54,58-64,68-83H,4-11H2,1-3H3,(H,55,65)(H,56,66)(H,57,67)/t15-,16-,17-,18-,19-,20-,21-,22-,23-,24-,25-,26+,27+,28-,29-,30-,31-,32-,33-,34+,35+,36+,37-,38-,39+,40+,41-,42-,43-,44+,45+,46+,47?,48+,49+,50+,51+,52-,53+,54+/m1/s1. The van der Waals surface area contributed by atoms with Gasteiger partial charge in [0.05, 0.1) is 52.9 Å². The van der Waals surface area contributed by atoms with E-state index in [4.69, 9.17) is 71.1 Å². The summed E-state index contributed by atoms with van der Waals surface area (Å²) < 4.78 is 87.4. The maximum atomic E-state index is 12.8. The van der Waals surface area contributed by atoms with E-state index in [0.29, 0.717) is 0 Å². The molecule has 8 aliphatic rings. The molecule has 40 atom stereocenters. The van der Waals surface area contributed by atoms with Crippen LogP contribution in [0.25, 0.3) is 0 Å². The lowest BCUT2D eigenvalue weighted by molar-refractivity contribution is -0.392. The smallest absolute Gasteiger partial charge is 0.217 e. The molecule has 3 amide bonds. The first kappa shape index (κ1) is 80.6. The molecule has 98 heavy (non-hydrogen) atoms. The molecular weight excluding hydrogens is 1350 g/mol. The monoisotopic (exact) mass is 1440 g/mol. The minimum absolute atomic E-state index is 0.823. The lowest BCUT2D eigenvalue weighted by Gasteiger charge is -2.50. The maximum Gasteiger partial charge on any atom is 0.217 e. The van der Waals surface area contributed by atoms with Crippen LogP contribution in [0.15, 0.2) is 0 Å². The highest BCUT2D eigenvalue weighted by Crippen LogP contribution is 2.39. The number of carbonyl (C=O) groups is 3. The van der Waals surface area contributed by atoms with E-state index < -0.39 is 316 Å². The largest absolute Gasteiger partial charge is 0.394 e. The van der Waals surface area contributed by atoms with Gasteiger partial charge < -0.3 is 204 Å². The first-order chi connectivity index (χ1) is 46.4. The minimum Gasteiger partial charge on any atom is -0.394 e. The lowest BCUT2D eigenvalue weighted by Crippen LogP contribution is -2.70. The van der Waals surface area contributed by atoms with Crippen LogP contribution in [0.1, 0.15) is 20.8 Å². The second-order valence-corrected chi connectivity index (χ2v) is 24.6. The number of amides is 3. The zero-order chi connectivity index (χ0) is 72.2. The number of nitrogens with one attached hydrogen (secondary N) is 3. The molecule has 0 radical (unpaired) electrons. The van der Waals surface area contributed by atoms with E-state index in [0.717, 1.165) is 20.8 Å². The van der Waals surface area contributed by atoms with Gasteiger partial charge in [-0.1, -0.05) is 0 Å². The number of hydrogen-bond donors (Lipinski definition) is 26. The molecule has 8 saturated heterocycles. The van der Waals surface area contributed by atoms with Crippen LogP contribution in [-0.2, 0) is 85.4 Å². The molecule has 8 aliphatic heterocycles. The Labute approximate surface area is 554 Å². The Morgan fingerprint density at radius 3 is 1.02 bits per heavy atom. The average molecular weight is 1440 g/mol. The van der Waals surface area contributed by atoms with Gasteiger partial charge in [-0.25, -0.2) is 0 Å². The topological polar surface area (TPSA) is 691 Å². The van der Waals surface area contributed by atoms with E-state index in [2.05, 4.69) is 16.0 Å². The fraction of sp³-hybridized carbons (Fsp3) is 0.944. The highest BCUT2D eigenvalue weighted by Gasteiger charge is 2.60. The summed E-state index contributed by atoms with van der Waals surface area (Å²) in [6, 6.07) is -5.41. The summed E-state index contributed by atoms with van der Waals surface area (Å²) in [5, 5.41) is 259. The van der Waals surface area contributed by atoms with Crippen LogP contribution >= 0.6 is 0 Å². The first-order valence-corrected chi connectivity index (χ1v) is 31.1. The van der Waals surface area contributed by atoms with E-state index in [1.165, 1.54) is 0 Å². The molecule has 26 N–H and O–H groups in total. The number of rotatable bonds is 25. The van der Waals surface area contributed by atoms with Gasteiger partial charge in [-0.2, -0.15) is 0 Å². The van der Waals surface area contributed by atoms with Crippen LogP contribution in [0.3, 0.4) is 0 Å². The van der Waals surface area contributed by atoms with Gasteiger partial charge in [0.25, 0.3) is 0 Å². The molecule has 0 saturated carbocycles. The molecule has 0 aromatic carbocycles. The predicted molar refractivity (Wildman–Crippen MR) is 299 cm³/mol. The van der Waals surface area contributed by atoms with Crippen molar-refractivity contribution >= 4 is 17.7 Å². The van der Waals surface area contributed by atoms with Crippen molar-refractivity contribution < 1.29 is 203 Å². The molecule has 0 spiro atoms. The summed E-state index contributed by atoms with van der Waals surface area (Å²) >= 11 is 0. The molecule has 0 aliphatic carbocycles. The first-order valence-electron chi connectivity index (χ1n) is 31.1. The zero-order valence-corrected chi connectivity index (χ0v) is 52.4.